The Labute approximate surface area is 189 Å². The van der Waals surface area contributed by atoms with Crippen molar-refractivity contribution in [3.8, 4) is 0 Å². The molecule has 0 spiro atoms. The first kappa shape index (κ1) is 22.3. The van der Waals surface area contributed by atoms with E-state index in [2.05, 4.69) is 6.92 Å². The minimum atomic E-state index is -1.27. The van der Waals surface area contributed by atoms with Crippen LogP contribution in [0.1, 0.15) is 81.5 Å². The second-order valence-corrected chi connectivity index (χ2v) is 11.2. The number of carbonyl (C=O) groups is 1. The Kier molecular flexibility index (Phi) is 6.95. The van der Waals surface area contributed by atoms with Gasteiger partial charge in [-0.05, 0) is 75.6 Å². The fourth-order valence-corrected chi connectivity index (χ4v) is 7.78. The van der Waals surface area contributed by atoms with Gasteiger partial charge in [-0.1, -0.05) is 62.1 Å². The van der Waals surface area contributed by atoms with Crippen molar-refractivity contribution in [2.24, 2.45) is 5.92 Å². The van der Waals surface area contributed by atoms with Crippen molar-refractivity contribution < 1.29 is 13.7 Å². The van der Waals surface area contributed by atoms with E-state index in [1.807, 2.05) is 60.7 Å². The zero-order chi connectivity index (χ0) is 21.7. The molecule has 166 valence electrons. The molecule has 0 amide bonds. The minimum Gasteiger partial charge on any atom is -0.454 e. The molecule has 0 N–H and O–H groups in total. The normalized spacial score (nSPS) is 22.2. The van der Waals surface area contributed by atoms with Gasteiger partial charge in [0.1, 0.15) is 5.60 Å². The Morgan fingerprint density at radius 1 is 0.871 bits per heavy atom. The molecule has 4 rings (SSSR count). The van der Waals surface area contributed by atoms with Crippen LogP contribution in [0, 0.1) is 5.92 Å². The molecule has 2 saturated carbocycles. The summed E-state index contributed by atoms with van der Waals surface area (Å²) in [6.45, 7) is 2.16. The van der Waals surface area contributed by atoms with E-state index in [0.717, 1.165) is 62.7 Å². The third kappa shape index (κ3) is 4.37. The average Bonchev–Trinajstić information content (AvgIpc) is 2.85. The Morgan fingerprint density at radius 3 is 2.03 bits per heavy atom. The maximum Gasteiger partial charge on any atom is 0.338 e. The van der Waals surface area contributed by atoms with Crippen LogP contribution in [0.4, 0.5) is 0 Å². The van der Waals surface area contributed by atoms with Crippen molar-refractivity contribution in [1.29, 1.82) is 0 Å². The Bertz CT molecular complexity index is 883. The van der Waals surface area contributed by atoms with Crippen LogP contribution in [0.25, 0.3) is 0 Å². The predicted octanol–water partition coefficient (Wildman–Crippen LogP) is 6.69. The fourth-order valence-electron chi connectivity index (χ4n) is 5.77. The smallest absolute Gasteiger partial charge is 0.338 e. The van der Waals surface area contributed by atoms with Gasteiger partial charge in [0, 0.05) is 4.90 Å². The van der Waals surface area contributed by atoms with E-state index >= 15 is 0 Å². The number of hydrogen-bond acceptors (Lipinski definition) is 3. The fraction of sp³-hybridized carbons (Fsp3) is 0.519. The topological polar surface area (TPSA) is 43.4 Å². The van der Waals surface area contributed by atoms with Crippen molar-refractivity contribution in [1.82, 2.24) is 0 Å². The van der Waals surface area contributed by atoms with Gasteiger partial charge in [-0.2, -0.15) is 0 Å². The molecule has 2 aliphatic carbocycles. The maximum absolute atomic E-state index is 14.3. The third-order valence-corrected chi connectivity index (χ3v) is 9.77. The summed E-state index contributed by atoms with van der Waals surface area (Å²) in [5.41, 5.74) is -0.134. The van der Waals surface area contributed by atoms with Crippen LogP contribution < -0.4 is 0 Å². The van der Waals surface area contributed by atoms with Crippen LogP contribution in [-0.2, 0) is 15.5 Å². The molecule has 3 nitrogen and oxygen atoms in total. The molecule has 0 aromatic heterocycles. The lowest BCUT2D eigenvalue weighted by Gasteiger charge is -2.53. The van der Waals surface area contributed by atoms with Gasteiger partial charge in [-0.25, -0.2) is 4.79 Å². The molecule has 0 saturated heterocycles. The van der Waals surface area contributed by atoms with Crippen molar-refractivity contribution >= 4 is 16.8 Å². The molecular formula is C27H34O3S. The van der Waals surface area contributed by atoms with Gasteiger partial charge in [0.2, 0.25) is 0 Å². The quantitative estimate of drug-likeness (QED) is 0.472. The molecule has 2 aromatic rings. The van der Waals surface area contributed by atoms with E-state index in [0.29, 0.717) is 5.56 Å². The van der Waals surface area contributed by atoms with Gasteiger partial charge in [-0.15, -0.1) is 0 Å². The molecule has 0 heterocycles. The monoisotopic (exact) mass is 438 g/mol. The molecule has 0 radical (unpaired) electrons. The Balaban J connectivity index is 1.78. The third-order valence-electron chi connectivity index (χ3n) is 7.59. The highest BCUT2D eigenvalue weighted by Gasteiger charge is 2.59. The van der Waals surface area contributed by atoms with E-state index in [1.54, 1.807) is 0 Å². The van der Waals surface area contributed by atoms with Crippen LogP contribution in [0.2, 0.25) is 0 Å². The molecule has 31 heavy (non-hydrogen) atoms. The highest BCUT2D eigenvalue weighted by Crippen LogP contribution is 2.52. The molecule has 2 atom stereocenters. The lowest BCUT2D eigenvalue weighted by atomic mass is 9.66. The summed E-state index contributed by atoms with van der Waals surface area (Å²) in [5, 5.41) is 0. The van der Waals surface area contributed by atoms with Gasteiger partial charge >= 0.3 is 5.97 Å². The molecule has 0 bridgehead atoms. The molecule has 2 aliphatic rings. The zero-order valence-corrected chi connectivity index (χ0v) is 19.4. The number of esters is 1. The summed E-state index contributed by atoms with van der Waals surface area (Å²) in [7, 11) is -1.27. The van der Waals surface area contributed by atoms with Crippen LogP contribution in [-0.4, -0.2) is 20.5 Å². The molecular weight excluding hydrogens is 404 g/mol. The number of hydrogen-bond donors (Lipinski definition) is 0. The predicted molar refractivity (Wildman–Crippen MR) is 126 cm³/mol. The Hall–Kier alpha value is -1.94. The summed E-state index contributed by atoms with van der Waals surface area (Å²) < 4.78 is 20.2. The molecule has 4 heteroatoms. The number of rotatable bonds is 6. The summed E-state index contributed by atoms with van der Waals surface area (Å²) in [4.78, 5) is 14.1. The largest absolute Gasteiger partial charge is 0.454 e. The van der Waals surface area contributed by atoms with Crippen LogP contribution >= 0.6 is 0 Å². The van der Waals surface area contributed by atoms with E-state index < -0.39 is 21.1 Å². The van der Waals surface area contributed by atoms with Crippen LogP contribution in [0.3, 0.4) is 0 Å². The first-order valence-electron chi connectivity index (χ1n) is 11.8. The van der Waals surface area contributed by atoms with Crippen molar-refractivity contribution in [3.63, 3.8) is 0 Å². The van der Waals surface area contributed by atoms with Crippen molar-refractivity contribution in [2.45, 2.75) is 86.4 Å². The van der Waals surface area contributed by atoms with Crippen LogP contribution in [0.5, 0.6) is 0 Å². The summed E-state index contributed by atoms with van der Waals surface area (Å²) >= 11 is 0. The highest BCUT2D eigenvalue weighted by molar-refractivity contribution is 7.86. The van der Waals surface area contributed by atoms with Gasteiger partial charge in [0.15, 0.2) is 0 Å². The molecule has 2 fully saturated rings. The number of ether oxygens (including phenoxy) is 1. The molecule has 2 aromatic carbocycles. The summed E-state index contributed by atoms with van der Waals surface area (Å²) in [5.74, 6) is -0.00133. The lowest BCUT2D eigenvalue weighted by Crippen LogP contribution is -2.62. The Morgan fingerprint density at radius 2 is 1.42 bits per heavy atom. The van der Waals surface area contributed by atoms with E-state index in [9.17, 15) is 9.00 Å². The van der Waals surface area contributed by atoms with Crippen LogP contribution in [0.15, 0.2) is 65.6 Å². The van der Waals surface area contributed by atoms with Gasteiger partial charge in [-0.3, -0.25) is 4.21 Å². The van der Waals surface area contributed by atoms with Gasteiger partial charge in [0.25, 0.3) is 0 Å². The first-order chi connectivity index (χ1) is 15.1. The summed E-state index contributed by atoms with van der Waals surface area (Å²) in [6.07, 6.45) is 10.4. The van der Waals surface area contributed by atoms with Gasteiger partial charge < -0.3 is 4.74 Å². The lowest BCUT2D eigenvalue weighted by molar-refractivity contribution is -0.0741. The summed E-state index contributed by atoms with van der Waals surface area (Å²) in [6, 6.07) is 19.1. The average molecular weight is 439 g/mol. The van der Waals surface area contributed by atoms with E-state index in [4.69, 9.17) is 4.74 Å². The minimum absolute atomic E-state index is 0.281. The maximum atomic E-state index is 14.3. The molecule has 2 unspecified atom stereocenters. The molecule has 0 aliphatic heterocycles. The highest BCUT2D eigenvalue weighted by atomic mass is 32.2. The number of benzene rings is 2. The zero-order valence-electron chi connectivity index (χ0n) is 18.6. The SMILES string of the molecule is CC(C1CCCCC1)(S(=O)c1ccccc1)C1(OC(=O)c2ccccc2)CCCCC1. The standard InChI is InChI=1S/C27H34O3S/c1-26(23-16-8-3-9-17-23,31(29)24-18-10-4-11-19-24)27(20-12-5-13-21-27)30-25(28)22-14-6-2-7-15-22/h2,4,6-7,10-11,14-15,18-19,23H,3,5,8-9,12-13,16-17,20-21H2,1H3. The van der Waals surface area contributed by atoms with E-state index in [-0.39, 0.29) is 11.9 Å². The number of carbonyl (C=O) groups excluding carboxylic acids is 1. The second kappa shape index (κ2) is 9.68. The first-order valence-corrected chi connectivity index (χ1v) is 13.0. The van der Waals surface area contributed by atoms with E-state index in [1.165, 1.54) is 6.42 Å². The van der Waals surface area contributed by atoms with Gasteiger partial charge in [0.05, 0.1) is 21.1 Å². The second-order valence-electron chi connectivity index (χ2n) is 9.33. The van der Waals surface area contributed by atoms with Crippen molar-refractivity contribution in [2.75, 3.05) is 0 Å². The van der Waals surface area contributed by atoms with Crippen molar-refractivity contribution in [3.05, 3.63) is 66.2 Å².